The third kappa shape index (κ3) is 5.00. The summed E-state index contributed by atoms with van der Waals surface area (Å²) in [5.74, 6) is 3.99. The molecule has 0 amide bonds. The SMILES string of the molecule is CCNC(=NCc1ccc2c(c1)OCO2)NCCc1cc(OC)ccc1OC. The second-order valence-corrected chi connectivity index (χ2v) is 6.24. The Balaban J connectivity index is 1.59. The normalized spacial score (nSPS) is 12.6. The van der Waals surface area contributed by atoms with E-state index < -0.39 is 0 Å². The molecule has 2 N–H and O–H groups in total. The van der Waals surface area contributed by atoms with Gasteiger partial charge in [0.25, 0.3) is 0 Å². The molecule has 0 spiro atoms. The highest BCUT2D eigenvalue weighted by atomic mass is 16.7. The molecule has 150 valence electrons. The lowest BCUT2D eigenvalue weighted by Crippen LogP contribution is -2.38. The number of ether oxygens (including phenoxy) is 4. The highest BCUT2D eigenvalue weighted by Gasteiger charge is 2.13. The van der Waals surface area contributed by atoms with Crippen molar-refractivity contribution in [3.63, 3.8) is 0 Å². The third-order valence-electron chi connectivity index (χ3n) is 4.38. The number of hydrogen-bond acceptors (Lipinski definition) is 5. The summed E-state index contributed by atoms with van der Waals surface area (Å²) in [7, 11) is 3.34. The number of rotatable bonds is 8. The van der Waals surface area contributed by atoms with Crippen LogP contribution >= 0.6 is 0 Å². The lowest BCUT2D eigenvalue weighted by Gasteiger charge is -2.13. The van der Waals surface area contributed by atoms with E-state index in [1.54, 1.807) is 14.2 Å². The molecule has 2 aromatic carbocycles. The van der Waals surface area contributed by atoms with Crippen molar-refractivity contribution in [1.82, 2.24) is 10.6 Å². The Bertz CT molecular complexity index is 823. The molecule has 0 aliphatic carbocycles. The highest BCUT2D eigenvalue weighted by molar-refractivity contribution is 5.79. The van der Waals surface area contributed by atoms with Crippen LogP contribution in [0.2, 0.25) is 0 Å². The van der Waals surface area contributed by atoms with Gasteiger partial charge in [0.05, 0.1) is 20.8 Å². The van der Waals surface area contributed by atoms with E-state index in [0.717, 1.165) is 59.6 Å². The third-order valence-corrected chi connectivity index (χ3v) is 4.38. The number of benzene rings is 2. The van der Waals surface area contributed by atoms with Crippen molar-refractivity contribution < 1.29 is 18.9 Å². The van der Waals surface area contributed by atoms with Gasteiger partial charge in [-0.15, -0.1) is 0 Å². The first-order valence-corrected chi connectivity index (χ1v) is 9.35. The highest BCUT2D eigenvalue weighted by Crippen LogP contribution is 2.32. The molecule has 2 aromatic rings. The number of fused-ring (bicyclic) bond motifs is 1. The topological polar surface area (TPSA) is 73.3 Å². The summed E-state index contributed by atoms with van der Waals surface area (Å²) in [6, 6.07) is 11.7. The maximum Gasteiger partial charge on any atom is 0.231 e. The standard InChI is InChI=1S/C21H27N3O4/c1-4-22-21(24-13-15-5-7-19-20(11-15)28-14-27-19)23-10-9-16-12-17(25-2)6-8-18(16)26-3/h5-8,11-12H,4,9-10,13-14H2,1-3H3,(H2,22,23,24). The number of hydrogen-bond donors (Lipinski definition) is 2. The number of guanidine groups is 1. The average molecular weight is 385 g/mol. The molecule has 0 radical (unpaired) electrons. The molecule has 1 aliphatic heterocycles. The minimum absolute atomic E-state index is 0.278. The molecular formula is C21H27N3O4. The van der Waals surface area contributed by atoms with Crippen molar-refractivity contribution in [2.75, 3.05) is 34.1 Å². The van der Waals surface area contributed by atoms with E-state index in [0.29, 0.717) is 6.54 Å². The van der Waals surface area contributed by atoms with Crippen molar-refractivity contribution in [2.45, 2.75) is 19.9 Å². The number of nitrogens with zero attached hydrogens (tertiary/aromatic N) is 1. The van der Waals surface area contributed by atoms with E-state index >= 15 is 0 Å². The largest absolute Gasteiger partial charge is 0.497 e. The zero-order chi connectivity index (χ0) is 19.8. The van der Waals surface area contributed by atoms with Crippen molar-refractivity contribution in [3.05, 3.63) is 47.5 Å². The minimum atomic E-state index is 0.278. The zero-order valence-corrected chi connectivity index (χ0v) is 16.6. The van der Waals surface area contributed by atoms with Gasteiger partial charge in [-0.05, 0) is 54.8 Å². The van der Waals surface area contributed by atoms with Gasteiger partial charge in [-0.25, -0.2) is 4.99 Å². The summed E-state index contributed by atoms with van der Waals surface area (Å²) in [4.78, 5) is 4.66. The van der Waals surface area contributed by atoms with Crippen molar-refractivity contribution in [2.24, 2.45) is 4.99 Å². The number of aliphatic imine (C=N–C) groups is 1. The Morgan fingerprint density at radius 2 is 1.89 bits per heavy atom. The molecule has 0 aromatic heterocycles. The van der Waals surface area contributed by atoms with Crippen LogP contribution in [-0.2, 0) is 13.0 Å². The van der Waals surface area contributed by atoms with Gasteiger partial charge in [-0.2, -0.15) is 0 Å². The van der Waals surface area contributed by atoms with Gasteiger partial charge < -0.3 is 29.6 Å². The van der Waals surface area contributed by atoms with Crippen LogP contribution < -0.4 is 29.6 Å². The van der Waals surface area contributed by atoms with Crippen LogP contribution in [0.5, 0.6) is 23.0 Å². The van der Waals surface area contributed by atoms with Gasteiger partial charge in [0.2, 0.25) is 6.79 Å². The lowest BCUT2D eigenvalue weighted by molar-refractivity contribution is 0.174. The molecule has 0 saturated carbocycles. The van der Waals surface area contributed by atoms with E-state index in [1.807, 2.05) is 43.3 Å². The van der Waals surface area contributed by atoms with Crippen LogP contribution in [0.15, 0.2) is 41.4 Å². The summed E-state index contributed by atoms with van der Waals surface area (Å²) in [6.45, 7) is 4.38. The smallest absolute Gasteiger partial charge is 0.231 e. The number of methoxy groups -OCH3 is 2. The predicted octanol–water partition coefficient (Wildman–Crippen LogP) is 2.73. The molecule has 0 saturated heterocycles. The van der Waals surface area contributed by atoms with Crippen LogP contribution in [0.4, 0.5) is 0 Å². The summed E-state index contributed by atoms with van der Waals surface area (Å²) < 4.78 is 21.5. The quantitative estimate of drug-likeness (QED) is 0.538. The Hall–Kier alpha value is -3.09. The zero-order valence-electron chi connectivity index (χ0n) is 16.6. The van der Waals surface area contributed by atoms with Crippen LogP contribution in [0.3, 0.4) is 0 Å². The fraction of sp³-hybridized carbons (Fsp3) is 0.381. The Kier molecular flexibility index (Phi) is 6.84. The first kappa shape index (κ1) is 19.7. The first-order chi connectivity index (χ1) is 13.7. The monoisotopic (exact) mass is 385 g/mol. The van der Waals surface area contributed by atoms with Gasteiger partial charge in [-0.1, -0.05) is 6.07 Å². The van der Waals surface area contributed by atoms with Crippen LogP contribution in [-0.4, -0.2) is 40.1 Å². The van der Waals surface area contributed by atoms with Gasteiger partial charge in [0, 0.05) is 13.1 Å². The van der Waals surface area contributed by atoms with E-state index in [-0.39, 0.29) is 6.79 Å². The van der Waals surface area contributed by atoms with Gasteiger partial charge in [0.15, 0.2) is 17.5 Å². The predicted molar refractivity (Wildman–Crippen MR) is 109 cm³/mol. The maximum atomic E-state index is 5.44. The molecule has 0 bridgehead atoms. The van der Waals surface area contributed by atoms with Crippen molar-refractivity contribution >= 4 is 5.96 Å². The second kappa shape index (κ2) is 9.73. The fourth-order valence-electron chi connectivity index (χ4n) is 2.94. The van der Waals surface area contributed by atoms with E-state index in [1.165, 1.54) is 0 Å². The molecular weight excluding hydrogens is 358 g/mol. The van der Waals surface area contributed by atoms with E-state index in [9.17, 15) is 0 Å². The van der Waals surface area contributed by atoms with Crippen LogP contribution in [0.1, 0.15) is 18.1 Å². The van der Waals surface area contributed by atoms with Crippen molar-refractivity contribution in [1.29, 1.82) is 0 Å². The molecule has 3 rings (SSSR count). The molecule has 7 nitrogen and oxygen atoms in total. The lowest BCUT2D eigenvalue weighted by atomic mass is 10.1. The Labute approximate surface area is 165 Å². The van der Waals surface area contributed by atoms with E-state index in [2.05, 4.69) is 15.6 Å². The summed E-state index contributed by atoms with van der Waals surface area (Å²) in [5, 5.41) is 6.64. The summed E-state index contributed by atoms with van der Waals surface area (Å²) in [5.41, 5.74) is 2.15. The molecule has 7 heteroatoms. The summed E-state index contributed by atoms with van der Waals surface area (Å²) in [6.07, 6.45) is 0.787. The van der Waals surface area contributed by atoms with Gasteiger partial charge in [0.1, 0.15) is 11.5 Å². The molecule has 1 aliphatic rings. The van der Waals surface area contributed by atoms with Crippen molar-refractivity contribution in [3.8, 4) is 23.0 Å². The molecule has 28 heavy (non-hydrogen) atoms. The fourth-order valence-corrected chi connectivity index (χ4v) is 2.94. The van der Waals surface area contributed by atoms with Crippen LogP contribution in [0.25, 0.3) is 0 Å². The second-order valence-electron chi connectivity index (χ2n) is 6.24. The van der Waals surface area contributed by atoms with Crippen LogP contribution in [0, 0.1) is 0 Å². The molecule has 0 unspecified atom stereocenters. The maximum absolute atomic E-state index is 5.44. The van der Waals surface area contributed by atoms with E-state index in [4.69, 9.17) is 18.9 Å². The summed E-state index contributed by atoms with van der Waals surface area (Å²) >= 11 is 0. The Morgan fingerprint density at radius 3 is 2.68 bits per heavy atom. The Morgan fingerprint density at radius 1 is 1.04 bits per heavy atom. The van der Waals surface area contributed by atoms with Gasteiger partial charge in [-0.3, -0.25) is 0 Å². The number of nitrogens with one attached hydrogen (secondary N) is 2. The minimum Gasteiger partial charge on any atom is -0.497 e. The van der Waals surface area contributed by atoms with Gasteiger partial charge >= 0.3 is 0 Å². The molecule has 0 fully saturated rings. The molecule has 0 atom stereocenters. The first-order valence-electron chi connectivity index (χ1n) is 9.35. The average Bonchev–Trinajstić information content (AvgIpc) is 3.19. The molecule has 1 heterocycles.